The zero-order chi connectivity index (χ0) is 20.8. The van der Waals surface area contributed by atoms with Crippen molar-refractivity contribution in [1.82, 2.24) is 0 Å². The van der Waals surface area contributed by atoms with E-state index in [1.54, 1.807) is 0 Å². The third-order valence-corrected chi connectivity index (χ3v) is 5.26. The summed E-state index contributed by atoms with van der Waals surface area (Å²) in [6.45, 7) is 8.25. The zero-order valence-corrected chi connectivity index (χ0v) is 17.8. The normalized spacial score (nSPS) is 13.1. The molecule has 2 unspecified atom stereocenters. The number of carbonyl (C=O) groups is 1. The molecule has 2 heteroatoms. The molecule has 0 aliphatic heterocycles. The Morgan fingerprint density at radius 3 is 1.86 bits per heavy atom. The van der Waals surface area contributed by atoms with E-state index in [0.717, 1.165) is 23.1 Å². The van der Waals surface area contributed by atoms with E-state index in [9.17, 15) is 4.79 Å². The molecule has 2 nitrogen and oxygen atoms in total. The molecule has 0 bridgehead atoms. The van der Waals surface area contributed by atoms with Gasteiger partial charge >= 0.3 is 5.97 Å². The first-order valence-corrected chi connectivity index (χ1v) is 10.4. The van der Waals surface area contributed by atoms with E-state index in [4.69, 9.17) is 4.74 Å². The Morgan fingerprint density at radius 2 is 1.28 bits per heavy atom. The molecule has 0 aromatic heterocycles. The van der Waals surface area contributed by atoms with Gasteiger partial charge < -0.3 is 4.74 Å². The Balaban J connectivity index is 1.62. The maximum atomic E-state index is 12.7. The maximum absolute atomic E-state index is 12.7. The third-order valence-electron chi connectivity index (χ3n) is 5.26. The van der Waals surface area contributed by atoms with E-state index in [1.807, 2.05) is 56.3 Å². The molecule has 0 amide bonds. The van der Waals surface area contributed by atoms with Crippen LogP contribution in [0.15, 0.2) is 78.9 Å². The van der Waals surface area contributed by atoms with Gasteiger partial charge in [-0.25, -0.2) is 0 Å². The van der Waals surface area contributed by atoms with E-state index in [2.05, 4.69) is 50.2 Å². The van der Waals surface area contributed by atoms with E-state index in [0.29, 0.717) is 5.92 Å². The molecule has 0 N–H and O–H groups in total. The van der Waals surface area contributed by atoms with Gasteiger partial charge in [0.15, 0.2) is 0 Å². The molecule has 0 heterocycles. The lowest BCUT2D eigenvalue weighted by Gasteiger charge is -2.18. The van der Waals surface area contributed by atoms with Gasteiger partial charge in [-0.1, -0.05) is 92.7 Å². The minimum Gasteiger partial charge on any atom is -0.457 e. The highest BCUT2D eigenvalue weighted by molar-refractivity contribution is 5.78. The van der Waals surface area contributed by atoms with Gasteiger partial charge in [0.05, 0.1) is 5.92 Å². The summed E-state index contributed by atoms with van der Waals surface area (Å²) in [6.07, 6.45) is 0.768. The molecule has 3 aromatic rings. The van der Waals surface area contributed by atoms with Gasteiger partial charge in [-0.15, -0.1) is 0 Å². The highest BCUT2D eigenvalue weighted by atomic mass is 16.5. The smallest absolute Gasteiger partial charge is 0.313 e. The number of benzene rings is 3. The summed E-state index contributed by atoms with van der Waals surface area (Å²) >= 11 is 0. The Labute approximate surface area is 174 Å². The molecule has 0 spiro atoms. The number of hydrogen-bond acceptors (Lipinski definition) is 2. The summed E-state index contributed by atoms with van der Waals surface area (Å²) < 4.78 is 5.75. The van der Waals surface area contributed by atoms with E-state index < -0.39 is 0 Å². The van der Waals surface area contributed by atoms with Gasteiger partial charge in [0.25, 0.3) is 0 Å². The Kier molecular flexibility index (Phi) is 6.87. The van der Waals surface area contributed by atoms with Crippen molar-refractivity contribution in [2.24, 2.45) is 5.92 Å². The Hall–Kier alpha value is -2.87. The van der Waals surface area contributed by atoms with Crippen LogP contribution < -0.4 is 0 Å². The van der Waals surface area contributed by atoms with Crippen LogP contribution in [0, 0.1) is 5.92 Å². The fourth-order valence-corrected chi connectivity index (χ4v) is 3.47. The lowest BCUT2D eigenvalue weighted by Crippen LogP contribution is -2.15. The molecular weight excluding hydrogens is 356 g/mol. The van der Waals surface area contributed by atoms with Crippen molar-refractivity contribution in [1.29, 1.82) is 0 Å². The summed E-state index contributed by atoms with van der Waals surface area (Å²) in [5, 5.41) is 0. The first kappa shape index (κ1) is 20.9. The fourth-order valence-electron chi connectivity index (χ4n) is 3.47. The van der Waals surface area contributed by atoms with Crippen molar-refractivity contribution in [3.05, 3.63) is 95.6 Å². The Morgan fingerprint density at radius 1 is 0.724 bits per heavy atom. The van der Waals surface area contributed by atoms with Gasteiger partial charge in [-0.05, 0) is 54.0 Å². The van der Waals surface area contributed by atoms with Crippen molar-refractivity contribution >= 4 is 5.97 Å². The second-order valence-corrected chi connectivity index (χ2v) is 8.13. The molecule has 0 radical (unpaired) electrons. The number of esters is 1. The van der Waals surface area contributed by atoms with Crippen LogP contribution in [0.5, 0.6) is 0 Å². The molecule has 3 aromatic carbocycles. The molecule has 2 atom stereocenters. The summed E-state index contributed by atoms with van der Waals surface area (Å²) in [5.41, 5.74) is 5.63. The largest absolute Gasteiger partial charge is 0.457 e. The van der Waals surface area contributed by atoms with Crippen molar-refractivity contribution in [3.63, 3.8) is 0 Å². The molecule has 0 saturated heterocycles. The topological polar surface area (TPSA) is 26.3 Å². The van der Waals surface area contributed by atoms with Crippen LogP contribution in [-0.2, 0) is 16.0 Å². The third kappa shape index (κ3) is 5.57. The predicted octanol–water partition coefficient (Wildman–Crippen LogP) is 6.96. The molecule has 150 valence electrons. The average molecular weight is 387 g/mol. The highest BCUT2D eigenvalue weighted by Crippen LogP contribution is 2.26. The predicted molar refractivity (Wildman–Crippen MR) is 120 cm³/mol. The van der Waals surface area contributed by atoms with Crippen molar-refractivity contribution in [2.75, 3.05) is 0 Å². The lowest BCUT2D eigenvalue weighted by atomic mass is 9.97. The second-order valence-electron chi connectivity index (χ2n) is 8.13. The van der Waals surface area contributed by atoms with Crippen LogP contribution in [0.2, 0.25) is 0 Å². The van der Waals surface area contributed by atoms with Crippen LogP contribution in [0.4, 0.5) is 0 Å². The van der Waals surface area contributed by atoms with Crippen molar-refractivity contribution < 1.29 is 9.53 Å². The molecule has 0 saturated carbocycles. The highest BCUT2D eigenvalue weighted by Gasteiger charge is 2.20. The minimum absolute atomic E-state index is 0.193. The van der Waals surface area contributed by atoms with Crippen LogP contribution in [-0.4, -0.2) is 5.97 Å². The maximum Gasteiger partial charge on any atom is 0.313 e. The summed E-state index contributed by atoms with van der Waals surface area (Å²) in [6, 6.07) is 26.8. The van der Waals surface area contributed by atoms with Crippen molar-refractivity contribution in [2.45, 2.75) is 46.1 Å². The number of ether oxygens (including phenoxy) is 1. The van der Waals surface area contributed by atoms with Gasteiger partial charge in [0.1, 0.15) is 6.10 Å². The first-order valence-electron chi connectivity index (χ1n) is 10.4. The number of rotatable bonds is 7. The van der Waals surface area contributed by atoms with Crippen LogP contribution in [0.1, 0.15) is 56.4 Å². The van der Waals surface area contributed by atoms with Crippen LogP contribution in [0.3, 0.4) is 0 Å². The first-order chi connectivity index (χ1) is 13.9. The van der Waals surface area contributed by atoms with E-state index in [1.165, 1.54) is 11.1 Å². The van der Waals surface area contributed by atoms with Crippen LogP contribution >= 0.6 is 0 Å². The monoisotopic (exact) mass is 386 g/mol. The fraction of sp³-hybridized carbons (Fsp3) is 0.296. The lowest BCUT2D eigenvalue weighted by molar-refractivity contribution is -0.150. The van der Waals surface area contributed by atoms with Crippen LogP contribution in [0.25, 0.3) is 11.1 Å². The van der Waals surface area contributed by atoms with Crippen molar-refractivity contribution in [3.8, 4) is 11.1 Å². The van der Waals surface area contributed by atoms with E-state index in [-0.39, 0.29) is 18.0 Å². The zero-order valence-electron chi connectivity index (χ0n) is 17.8. The van der Waals surface area contributed by atoms with Gasteiger partial charge in [0.2, 0.25) is 0 Å². The summed E-state index contributed by atoms with van der Waals surface area (Å²) in [5.74, 6) is 0.146. The molecule has 3 rings (SSSR count). The summed E-state index contributed by atoms with van der Waals surface area (Å²) in [7, 11) is 0. The minimum atomic E-state index is -0.283. The van der Waals surface area contributed by atoms with Gasteiger partial charge in [0, 0.05) is 0 Å². The number of carbonyl (C=O) groups excluding carboxylic acids is 1. The molecule has 0 fully saturated rings. The van der Waals surface area contributed by atoms with E-state index >= 15 is 0 Å². The summed E-state index contributed by atoms with van der Waals surface area (Å²) in [4.78, 5) is 12.7. The van der Waals surface area contributed by atoms with Gasteiger partial charge in [-0.2, -0.15) is 0 Å². The molecule has 0 aliphatic carbocycles. The average Bonchev–Trinajstić information content (AvgIpc) is 2.74. The molecule has 0 aliphatic rings. The second kappa shape index (κ2) is 9.56. The molecular formula is C27H30O2. The Bertz CT molecular complexity index is 909. The molecule has 29 heavy (non-hydrogen) atoms. The standard InChI is InChI=1S/C27H30O2/c1-19(2)18-22-10-12-23(13-11-22)20(3)27(28)29-21(4)24-14-16-26(17-15-24)25-8-6-5-7-9-25/h5-17,19-21H,18H2,1-4H3. The SMILES string of the molecule is CC(C)Cc1ccc(C(C)C(=O)OC(C)c2ccc(-c3ccccc3)cc2)cc1. The quantitative estimate of drug-likeness (QED) is 0.410. The number of hydrogen-bond donors (Lipinski definition) is 0. The van der Waals surface area contributed by atoms with Gasteiger partial charge in [-0.3, -0.25) is 4.79 Å².